The standard InChI is InChI=1S/C15H22N2O2/c16-14(10-12-6-5-9-17-11-12)15(18)19-13-7-3-1-2-4-8-13/h5-6,9,11,13-14H,1-4,7-8,10,16H2/t14-/m1/s1. The third-order valence-electron chi connectivity index (χ3n) is 3.57. The average molecular weight is 262 g/mol. The summed E-state index contributed by atoms with van der Waals surface area (Å²) in [6.07, 6.45) is 10.7. The topological polar surface area (TPSA) is 65.2 Å². The first-order valence-corrected chi connectivity index (χ1v) is 7.10. The smallest absolute Gasteiger partial charge is 0.323 e. The van der Waals surface area contributed by atoms with E-state index < -0.39 is 6.04 Å². The van der Waals surface area contributed by atoms with Gasteiger partial charge in [-0.1, -0.05) is 18.9 Å². The number of rotatable bonds is 4. The summed E-state index contributed by atoms with van der Waals surface area (Å²) in [4.78, 5) is 16.0. The normalized spacial score (nSPS) is 18.6. The van der Waals surface area contributed by atoms with Crippen LogP contribution >= 0.6 is 0 Å². The van der Waals surface area contributed by atoms with E-state index in [1.54, 1.807) is 12.4 Å². The van der Waals surface area contributed by atoms with Crippen LogP contribution in [0.15, 0.2) is 24.5 Å². The molecule has 1 aliphatic carbocycles. The molecule has 0 spiro atoms. The van der Waals surface area contributed by atoms with E-state index in [4.69, 9.17) is 10.5 Å². The molecule has 1 fully saturated rings. The summed E-state index contributed by atoms with van der Waals surface area (Å²) in [7, 11) is 0. The molecule has 0 amide bonds. The van der Waals surface area contributed by atoms with E-state index >= 15 is 0 Å². The fourth-order valence-corrected chi connectivity index (χ4v) is 2.47. The van der Waals surface area contributed by atoms with Crippen LogP contribution in [-0.2, 0) is 16.0 Å². The minimum atomic E-state index is -0.590. The first-order chi connectivity index (χ1) is 9.25. The molecule has 1 aromatic heterocycles. The van der Waals surface area contributed by atoms with Crippen LogP contribution in [0.25, 0.3) is 0 Å². The Bertz CT molecular complexity index is 386. The summed E-state index contributed by atoms with van der Waals surface area (Å²) in [5, 5.41) is 0. The number of carbonyl (C=O) groups excluding carboxylic acids is 1. The molecule has 1 saturated carbocycles. The van der Waals surface area contributed by atoms with E-state index in [1.807, 2.05) is 12.1 Å². The van der Waals surface area contributed by atoms with Gasteiger partial charge in [0.2, 0.25) is 0 Å². The van der Waals surface area contributed by atoms with Gasteiger partial charge in [-0.05, 0) is 43.7 Å². The quantitative estimate of drug-likeness (QED) is 0.667. The Morgan fingerprint density at radius 1 is 1.37 bits per heavy atom. The van der Waals surface area contributed by atoms with E-state index in [1.165, 1.54) is 12.8 Å². The van der Waals surface area contributed by atoms with Crippen LogP contribution < -0.4 is 5.73 Å². The maximum absolute atomic E-state index is 12.0. The van der Waals surface area contributed by atoms with Gasteiger partial charge in [-0.25, -0.2) is 0 Å². The monoisotopic (exact) mass is 262 g/mol. The highest BCUT2D eigenvalue weighted by molar-refractivity contribution is 5.76. The molecule has 0 radical (unpaired) electrons. The lowest BCUT2D eigenvalue weighted by Crippen LogP contribution is -2.36. The van der Waals surface area contributed by atoms with Gasteiger partial charge in [0, 0.05) is 12.4 Å². The number of esters is 1. The zero-order chi connectivity index (χ0) is 13.5. The molecule has 4 nitrogen and oxygen atoms in total. The molecule has 0 bridgehead atoms. The zero-order valence-corrected chi connectivity index (χ0v) is 11.3. The van der Waals surface area contributed by atoms with E-state index in [0.29, 0.717) is 6.42 Å². The Labute approximate surface area is 114 Å². The molecule has 4 heteroatoms. The van der Waals surface area contributed by atoms with Crippen molar-refractivity contribution >= 4 is 5.97 Å². The summed E-state index contributed by atoms with van der Waals surface area (Å²) in [6.45, 7) is 0. The third kappa shape index (κ3) is 4.63. The number of hydrogen-bond donors (Lipinski definition) is 1. The summed E-state index contributed by atoms with van der Waals surface area (Å²) in [5.74, 6) is -0.282. The largest absolute Gasteiger partial charge is 0.461 e. The highest BCUT2D eigenvalue weighted by Crippen LogP contribution is 2.20. The molecule has 1 aliphatic rings. The van der Waals surface area contributed by atoms with Crippen LogP contribution in [-0.4, -0.2) is 23.1 Å². The van der Waals surface area contributed by atoms with Crippen LogP contribution in [0.3, 0.4) is 0 Å². The summed E-state index contributed by atoms with van der Waals surface area (Å²) in [6, 6.07) is 3.18. The van der Waals surface area contributed by atoms with Crippen LogP contribution in [0.5, 0.6) is 0 Å². The first-order valence-electron chi connectivity index (χ1n) is 7.10. The predicted molar refractivity (Wildman–Crippen MR) is 73.5 cm³/mol. The van der Waals surface area contributed by atoms with Gasteiger partial charge in [0.1, 0.15) is 12.1 Å². The number of nitrogens with two attached hydrogens (primary N) is 1. The van der Waals surface area contributed by atoms with Gasteiger partial charge in [-0.2, -0.15) is 0 Å². The van der Waals surface area contributed by atoms with E-state index in [-0.39, 0.29) is 12.1 Å². The fraction of sp³-hybridized carbons (Fsp3) is 0.600. The van der Waals surface area contributed by atoms with Crippen molar-refractivity contribution in [1.29, 1.82) is 0 Å². The number of nitrogens with zero attached hydrogens (tertiary/aromatic N) is 1. The van der Waals surface area contributed by atoms with Gasteiger partial charge >= 0.3 is 5.97 Å². The minimum Gasteiger partial charge on any atom is -0.461 e. The second kappa shape index (κ2) is 7.24. The SMILES string of the molecule is N[C@H](Cc1cccnc1)C(=O)OC1CCCCCC1. The Morgan fingerprint density at radius 2 is 2.11 bits per heavy atom. The maximum atomic E-state index is 12.0. The number of aromatic nitrogens is 1. The van der Waals surface area contributed by atoms with Gasteiger partial charge in [-0.15, -0.1) is 0 Å². The highest BCUT2D eigenvalue weighted by Gasteiger charge is 2.21. The summed E-state index contributed by atoms with van der Waals surface area (Å²) >= 11 is 0. The van der Waals surface area contributed by atoms with Crippen LogP contribution in [0, 0.1) is 0 Å². The Hall–Kier alpha value is -1.42. The Balaban J connectivity index is 1.81. The van der Waals surface area contributed by atoms with Gasteiger partial charge in [-0.3, -0.25) is 9.78 Å². The van der Waals surface area contributed by atoms with Crippen molar-refractivity contribution in [3.63, 3.8) is 0 Å². The summed E-state index contributed by atoms with van der Waals surface area (Å²) < 4.78 is 5.52. The number of carbonyl (C=O) groups is 1. The predicted octanol–water partition coefficient (Wildman–Crippen LogP) is 2.22. The van der Waals surface area contributed by atoms with E-state index in [0.717, 1.165) is 31.2 Å². The molecule has 104 valence electrons. The zero-order valence-electron chi connectivity index (χ0n) is 11.3. The molecule has 1 heterocycles. The molecule has 19 heavy (non-hydrogen) atoms. The second-order valence-electron chi connectivity index (χ2n) is 5.22. The minimum absolute atomic E-state index is 0.0648. The number of ether oxygens (including phenoxy) is 1. The van der Waals surface area contributed by atoms with Gasteiger partial charge < -0.3 is 10.5 Å². The fourth-order valence-electron chi connectivity index (χ4n) is 2.47. The lowest BCUT2D eigenvalue weighted by atomic mass is 10.1. The van der Waals surface area contributed by atoms with Crippen LogP contribution in [0.1, 0.15) is 44.1 Å². The van der Waals surface area contributed by atoms with Crippen LogP contribution in [0.2, 0.25) is 0 Å². The van der Waals surface area contributed by atoms with Crippen molar-refractivity contribution in [3.8, 4) is 0 Å². The van der Waals surface area contributed by atoms with Gasteiger partial charge in [0.25, 0.3) is 0 Å². The molecule has 0 aromatic carbocycles. The third-order valence-corrected chi connectivity index (χ3v) is 3.57. The first kappa shape index (κ1) is 14.0. The van der Waals surface area contributed by atoms with Crippen LogP contribution in [0.4, 0.5) is 0 Å². The molecule has 0 unspecified atom stereocenters. The number of hydrogen-bond acceptors (Lipinski definition) is 4. The molecule has 0 aliphatic heterocycles. The van der Waals surface area contributed by atoms with Crippen molar-refractivity contribution in [1.82, 2.24) is 4.98 Å². The van der Waals surface area contributed by atoms with Crippen molar-refractivity contribution in [2.45, 2.75) is 57.1 Å². The van der Waals surface area contributed by atoms with E-state index in [2.05, 4.69) is 4.98 Å². The number of pyridine rings is 1. The molecule has 0 saturated heterocycles. The second-order valence-corrected chi connectivity index (χ2v) is 5.22. The lowest BCUT2D eigenvalue weighted by molar-refractivity contribution is -0.151. The highest BCUT2D eigenvalue weighted by atomic mass is 16.5. The van der Waals surface area contributed by atoms with Gasteiger partial charge in [0.15, 0.2) is 0 Å². The van der Waals surface area contributed by atoms with Crippen molar-refractivity contribution in [2.24, 2.45) is 5.73 Å². The molecule has 1 atom stereocenters. The molecular weight excluding hydrogens is 240 g/mol. The Kier molecular flexibility index (Phi) is 5.33. The average Bonchev–Trinajstić information content (AvgIpc) is 2.68. The summed E-state index contributed by atoms with van der Waals surface area (Å²) in [5.41, 5.74) is 6.87. The Morgan fingerprint density at radius 3 is 2.74 bits per heavy atom. The molecule has 2 rings (SSSR count). The molecular formula is C15H22N2O2. The maximum Gasteiger partial charge on any atom is 0.323 e. The van der Waals surface area contributed by atoms with Crippen molar-refractivity contribution in [2.75, 3.05) is 0 Å². The van der Waals surface area contributed by atoms with Crippen molar-refractivity contribution in [3.05, 3.63) is 30.1 Å². The molecule has 2 N–H and O–H groups in total. The molecule has 1 aromatic rings. The van der Waals surface area contributed by atoms with E-state index in [9.17, 15) is 4.79 Å². The van der Waals surface area contributed by atoms with Crippen molar-refractivity contribution < 1.29 is 9.53 Å². The lowest BCUT2D eigenvalue weighted by Gasteiger charge is -2.18. The van der Waals surface area contributed by atoms with Gasteiger partial charge in [0.05, 0.1) is 0 Å².